The Morgan fingerprint density at radius 3 is 2.28 bits per heavy atom. The van der Waals surface area contributed by atoms with E-state index in [0.717, 1.165) is 27.7 Å². The van der Waals surface area contributed by atoms with Gasteiger partial charge in [-0.2, -0.15) is 0 Å². The van der Waals surface area contributed by atoms with E-state index in [4.69, 9.17) is 10.1 Å². The SMILES string of the molecule is O=C(CCSc1nc(-c2ccccc2)c(-c2ccccc2)[nH]1)Nc1cccc(C(=O)O)c1. The molecule has 0 aliphatic rings. The van der Waals surface area contributed by atoms with Gasteiger partial charge in [0.15, 0.2) is 5.16 Å². The Bertz CT molecular complexity index is 1170. The number of imidazole rings is 1. The molecular formula is C25H21N3O3S. The molecule has 0 spiro atoms. The maximum Gasteiger partial charge on any atom is 0.335 e. The van der Waals surface area contributed by atoms with Crippen LogP contribution in [0.4, 0.5) is 5.69 Å². The summed E-state index contributed by atoms with van der Waals surface area (Å²) in [5, 5.41) is 12.6. The van der Waals surface area contributed by atoms with E-state index in [1.807, 2.05) is 60.7 Å². The number of hydrogen-bond donors (Lipinski definition) is 3. The molecule has 6 nitrogen and oxygen atoms in total. The smallest absolute Gasteiger partial charge is 0.335 e. The van der Waals surface area contributed by atoms with Crippen LogP contribution in [0, 0.1) is 0 Å². The summed E-state index contributed by atoms with van der Waals surface area (Å²) in [5.74, 6) is -0.684. The lowest BCUT2D eigenvalue weighted by Crippen LogP contribution is -2.12. The van der Waals surface area contributed by atoms with E-state index in [1.54, 1.807) is 12.1 Å². The quantitative estimate of drug-likeness (QED) is 0.310. The molecular weight excluding hydrogens is 422 g/mol. The van der Waals surface area contributed by atoms with Crippen molar-refractivity contribution in [3.8, 4) is 22.5 Å². The molecule has 1 heterocycles. The first-order chi connectivity index (χ1) is 15.6. The summed E-state index contributed by atoms with van der Waals surface area (Å²) < 4.78 is 0. The fourth-order valence-electron chi connectivity index (χ4n) is 3.23. The second-order valence-electron chi connectivity index (χ2n) is 7.03. The van der Waals surface area contributed by atoms with Gasteiger partial charge in [-0.05, 0) is 18.2 Å². The average Bonchev–Trinajstić information content (AvgIpc) is 3.24. The number of H-pyrrole nitrogens is 1. The summed E-state index contributed by atoms with van der Waals surface area (Å²) in [7, 11) is 0. The molecule has 3 N–H and O–H groups in total. The molecule has 0 aliphatic carbocycles. The van der Waals surface area contributed by atoms with Crippen LogP contribution in [0.2, 0.25) is 0 Å². The van der Waals surface area contributed by atoms with Gasteiger partial charge in [0.25, 0.3) is 0 Å². The van der Waals surface area contributed by atoms with E-state index in [-0.39, 0.29) is 17.9 Å². The molecule has 0 unspecified atom stereocenters. The molecule has 32 heavy (non-hydrogen) atoms. The largest absolute Gasteiger partial charge is 0.478 e. The average molecular weight is 444 g/mol. The minimum absolute atomic E-state index is 0.134. The molecule has 3 aromatic carbocycles. The number of aromatic carboxylic acids is 1. The molecule has 0 radical (unpaired) electrons. The van der Waals surface area contributed by atoms with Gasteiger partial charge >= 0.3 is 5.97 Å². The molecule has 4 rings (SSSR count). The van der Waals surface area contributed by atoms with Crippen LogP contribution < -0.4 is 5.32 Å². The minimum Gasteiger partial charge on any atom is -0.478 e. The number of anilines is 1. The predicted octanol–water partition coefficient (Wildman–Crippen LogP) is 5.56. The van der Waals surface area contributed by atoms with Gasteiger partial charge in [-0.25, -0.2) is 9.78 Å². The van der Waals surface area contributed by atoms with Crippen molar-refractivity contribution in [1.82, 2.24) is 9.97 Å². The third-order valence-electron chi connectivity index (χ3n) is 4.75. The topological polar surface area (TPSA) is 95.1 Å². The fourth-order valence-corrected chi connectivity index (χ4v) is 4.04. The maximum absolute atomic E-state index is 12.3. The van der Waals surface area contributed by atoms with Crippen molar-refractivity contribution >= 4 is 29.3 Å². The molecule has 0 saturated heterocycles. The second-order valence-corrected chi connectivity index (χ2v) is 8.11. The molecule has 0 fully saturated rings. The summed E-state index contributed by atoms with van der Waals surface area (Å²) >= 11 is 1.47. The van der Waals surface area contributed by atoms with E-state index in [2.05, 4.69) is 10.3 Å². The van der Waals surface area contributed by atoms with Crippen LogP contribution in [0.5, 0.6) is 0 Å². The summed E-state index contributed by atoms with van der Waals surface area (Å²) in [5.41, 5.74) is 4.47. The summed E-state index contributed by atoms with van der Waals surface area (Å²) in [4.78, 5) is 31.5. The van der Waals surface area contributed by atoms with Crippen LogP contribution >= 0.6 is 11.8 Å². The molecule has 0 bridgehead atoms. The molecule has 7 heteroatoms. The number of nitrogens with zero attached hydrogens (tertiary/aromatic N) is 1. The lowest BCUT2D eigenvalue weighted by Gasteiger charge is -2.05. The lowest BCUT2D eigenvalue weighted by atomic mass is 10.1. The monoisotopic (exact) mass is 443 g/mol. The van der Waals surface area contributed by atoms with Crippen molar-refractivity contribution in [2.45, 2.75) is 11.6 Å². The molecule has 160 valence electrons. The van der Waals surface area contributed by atoms with E-state index in [1.165, 1.54) is 23.9 Å². The summed E-state index contributed by atoms with van der Waals surface area (Å²) in [6, 6.07) is 26.2. The van der Waals surface area contributed by atoms with Gasteiger partial charge in [-0.15, -0.1) is 0 Å². The molecule has 1 aromatic heterocycles. The standard InChI is InChI=1S/C25H21N3O3S/c29-21(26-20-13-7-12-19(16-20)24(30)31)14-15-32-25-27-22(17-8-3-1-4-9-17)23(28-25)18-10-5-2-6-11-18/h1-13,16H,14-15H2,(H,26,29)(H,27,28)(H,30,31). The van der Waals surface area contributed by atoms with Crippen molar-refractivity contribution in [3.05, 3.63) is 90.5 Å². The van der Waals surface area contributed by atoms with Crippen LogP contribution in [0.15, 0.2) is 90.1 Å². The van der Waals surface area contributed by atoms with Crippen LogP contribution in [0.1, 0.15) is 16.8 Å². The Morgan fingerprint density at radius 1 is 0.906 bits per heavy atom. The van der Waals surface area contributed by atoms with Crippen LogP contribution in [-0.2, 0) is 4.79 Å². The fraction of sp³-hybridized carbons (Fsp3) is 0.0800. The minimum atomic E-state index is -1.03. The van der Waals surface area contributed by atoms with Crippen molar-refractivity contribution in [2.75, 3.05) is 11.1 Å². The number of nitrogens with one attached hydrogen (secondary N) is 2. The van der Waals surface area contributed by atoms with E-state index in [0.29, 0.717) is 11.4 Å². The predicted molar refractivity (Wildman–Crippen MR) is 127 cm³/mol. The highest BCUT2D eigenvalue weighted by atomic mass is 32.2. The first-order valence-corrected chi connectivity index (χ1v) is 11.1. The normalized spacial score (nSPS) is 10.6. The zero-order chi connectivity index (χ0) is 22.3. The van der Waals surface area contributed by atoms with Gasteiger partial charge in [0.05, 0.1) is 17.0 Å². The van der Waals surface area contributed by atoms with Crippen molar-refractivity contribution < 1.29 is 14.7 Å². The zero-order valence-electron chi connectivity index (χ0n) is 17.1. The van der Waals surface area contributed by atoms with Crippen LogP contribution in [-0.4, -0.2) is 32.7 Å². The number of carbonyl (C=O) groups is 2. The number of hydrogen-bond acceptors (Lipinski definition) is 4. The Balaban J connectivity index is 1.43. The Kier molecular flexibility index (Phi) is 6.67. The maximum atomic E-state index is 12.3. The summed E-state index contributed by atoms with van der Waals surface area (Å²) in [6.07, 6.45) is 0.268. The highest BCUT2D eigenvalue weighted by Gasteiger charge is 2.15. The Hall–Kier alpha value is -3.84. The Morgan fingerprint density at radius 2 is 1.59 bits per heavy atom. The summed E-state index contributed by atoms with van der Waals surface area (Å²) in [6.45, 7) is 0. The highest BCUT2D eigenvalue weighted by molar-refractivity contribution is 7.99. The van der Waals surface area contributed by atoms with Crippen molar-refractivity contribution in [3.63, 3.8) is 0 Å². The zero-order valence-corrected chi connectivity index (χ0v) is 17.9. The van der Waals surface area contributed by atoms with Gasteiger partial charge in [-0.1, -0.05) is 78.5 Å². The molecule has 1 amide bonds. The molecule has 0 saturated carbocycles. The first-order valence-electron chi connectivity index (χ1n) is 10.1. The second kappa shape index (κ2) is 9.98. The number of aromatic amines is 1. The number of carboxylic acids is 1. The third kappa shape index (κ3) is 5.25. The van der Waals surface area contributed by atoms with Gasteiger partial charge in [0.1, 0.15) is 0 Å². The van der Waals surface area contributed by atoms with Crippen molar-refractivity contribution in [2.24, 2.45) is 0 Å². The lowest BCUT2D eigenvalue weighted by molar-refractivity contribution is -0.115. The number of amides is 1. The van der Waals surface area contributed by atoms with E-state index < -0.39 is 5.97 Å². The molecule has 0 aliphatic heterocycles. The first kappa shape index (κ1) is 21.4. The van der Waals surface area contributed by atoms with Crippen LogP contribution in [0.3, 0.4) is 0 Å². The molecule has 4 aromatic rings. The van der Waals surface area contributed by atoms with Crippen LogP contribution in [0.25, 0.3) is 22.5 Å². The van der Waals surface area contributed by atoms with Gasteiger partial charge in [-0.3, -0.25) is 4.79 Å². The molecule has 0 atom stereocenters. The van der Waals surface area contributed by atoms with Gasteiger partial charge in [0.2, 0.25) is 5.91 Å². The third-order valence-corrected chi connectivity index (χ3v) is 5.63. The number of rotatable bonds is 8. The van der Waals surface area contributed by atoms with Crippen molar-refractivity contribution in [1.29, 1.82) is 0 Å². The van der Waals surface area contributed by atoms with Gasteiger partial charge < -0.3 is 15.4 Å². The van der Waals surface area contributed by atoms with E-state index in [9.17, 15) is 9.59 Å². The number of benzene rings is 3. The highest BCUT2D eigenvalue weighted by Crippen LogP contribution is 2.32. The number of carboxylic acid groups (broad SMARTS) is 1. The van der Waals surface area contributed by atoms with E-state index >= 15 is 0 Å². The van der Waals surface area contributed by atoms with Gasteiger partial charge in [0, 0.05) is 29.0 Å². The number of aromatic nitrogens is 2. The number of carbonyl (C=O) groups excluding carboxylic acids is 1. The number of thioether (sulfide) groups is 1. The Labute approximate surface area is 189 Å².